The van der Waals surface area contributed by atoms with E-state index in [2.05, 4.69) is 5.32 Å². The number of nitrogens with zero attached hydrogens (tertiary/aromatic N) is 1. The van der Waals surface area contributed by atoms with Gasteiger partial charge in [0.1, 0.15) is 22.9 Å². The molecule has 4 atom stereocenters. The molecule has 0 aliphatic heterocycles. The fraction of sp³-hybridized carbons (Fsp3) is 0.500. The maximum atomic E-state index is 15.4. The highest BCUT2D eigenvalue weighted by Gasteiger charge is 2.64. The van der Waals surface area contributed by atoms with Crippen LogP contribution in [0.1, 0.15) is 49.7 Å². The Kier molecular flexibility index (Phi) is 6.74. The number of likely N-dealkylation sites (N-methyl/N-ethyl adjacent to an activating group) is 1. The number of aliphatic hydroxyl groups excluding tert-OH is 2. The minimum atomic E-state index is -2.79. The van der Waals surface area contributed by atoms with Gasteiger partial charge in [-0.15, -0.1) is 0 Å². The van der Waals surface area contributed by atoms with Crippen molar-refractivity contribution in [2.24, 2.45) is 23.5 Å². The van der Waals surface area contributed by atoms with E-state index in [4.69, 9.17) is 5.73 Å². The number of benzene rings is 1. The summed E-state index contributed by atoms with van der Waals surface area (Å²) in [7, 11) is 2.99. The van der Waals surface area contributed by atoms with E-state index in [1.54, 1.807) is 0 Å². The summed E-state index contributed by atoms with van der Waals surface area (Å²) in [6.07, 6.45) is 3.76. The second-order valence-electron chi connectivity index (χ2n) is 11.4. The number of halogens is 1. The van der Waals surface area contributed by atoms with Crippen LogP contribution in [0.3, 0.4) is 0 Å². The Bertz CT molecular complexity index is 1410. The van der Waals surface area contributed by atoms with Gasteiger partial charge in [0.05, 0.1) is 17.3 Å². The maximum Gasteiger partial charge on any atom is 0.255 e. The number of nitrogens with one attached hydrogen (secondary N) is 1. The minimum Gasteiger partial charge on any atom is -0.508 e. The van der Waals surface area contributed by atoms with Crippen LogP contribution in [-0.2, 0) is 25.6 Å². The lowest BCUT2D eigenvalue weighted by Gasteiger charge is -2.50. The summed E-state index contributed by atoms with van der Waals surface area (Å²) in [4.78, 5) is 53.2. The van der Waals surface area contributed by atoms with Crippen LogP contribution in [0.2, 0.25) is 0 Å². The zero-order valence-corrected chi connectivity index (χ0v) is 22.2. The van der Waals surface area contributed by atoms with Crippen molar-refractivity contribution in [3.63, 3.8) is 0 Å². The van der Waals surface area contributed by atoms with Gasteiger partial charge >= 0.3 is 0 Å². The molecule has 2 saturated carbocycles. The second-order valence-corrected chi connectivity index (χ2v) is 11.4. The number of amides is 2. The average Bonchev–Trinajstić information content (AvgIpc) is 2.89. The van der Waals surface area contributed by atoms with Crippen LogP contribution < -0.4 is 11.1 Å². The monoisotopic (exact) mass is 557 g/mol. The van der Waals surface area contributed by atoms with Crippen molar-refractivity contribution in [2.75, 3.05) is 19.4 Å². The first-order chi connectivity index (χ1) is 18.8. The first-order valence-corrected chi connectivity index (χ1v) is 13.3. The molecule has 214 valence electrons. The van der Waals surface area contributed by atoms with Crippen LogP contribution in [0, 0.1) is 23.6 Å². The number of primary amides is 1. The summed E-state index contributed by atoms with van der Waals surface area (Å²) < 4.78 is 15.4. The van der Waals surface area contributed by atoms with Gasteiger partial charge in [0.25, 0.3) is 5.91 Å². The van der Waals surface area contributed by atoms with Crippen LogP contribution in [0.5, 0.6) is 5.75 Å². The highest BCUT2D eigenvalue weighted by atomic mass is 19.1. The smallest absolute Gasteiger partial charge is 0.255 e. The molecule has 0 spiro atoms. The summed E-state index contributed by atoms with van der Waals surface area (Å²) in [5.74, 6) is -9.72. The summed E-state index contributed by atoms with van der Waals surface area (Å²) in [5, 5.41) is 47.4. The van der Waals surface area contributed by atoms with E-state index in [0.717, 1.165) is 25.3 Å². The number of hydrogen-bond acceptors (Lipinski definition) is 9. The number of anilines is 1. The van der Waals surface area contributed by atoms with Crippen molar-refractivity contribution in [1.29, 1.82) is 0 Å². The normalized spacial score (nSPS) is 28.8. The number of carbonyl (C=O) groups excluding carboxylic acids is 4. The van der Waals surface area contributed by atoms with Crippen LogP contribution >= 0.6 is 0 Å². The van der Waals surface area contributed by atoms with E-state index < -0.39 is 81.1 Å². The topological polar surface area (TPSA) is 190 Å². The number of ketones is 2. The third-order valence-corrected chi connectivity index (χ3v) is 8.90. The molecule has 1 aromatic rings. The molecule has 4 aliphatic rings. The van der Waals surface area contributed by atoms with E-state index in [0.29, 0.717) is 12.8 Å². The quantitative estimate of drug-likeness (QED) is 0.236. The number of hydrogen-bond donors (Lipinski definition) is 6. The van der Waals surface area contributed by atoms with Gasteiger partial charge in [0.2, 0.25) is 11.7 Å². The molecule has 12 heteroatoms. The SMILES string of the molecule is CN(C)[C@@H]1C(=O)C(C(N)=O)=C(O)[C@@]2(O)C(=O)C3=C(O)c4c(O)c(NC(=O)C5CCCCC5)cc(F)c4C[C@H]3C[C@@H]12. The molecule has 0 bridgehead atoms. The molecular weight excluding hydrogens is 525 g/mol. The molecule has 2 amide bonds. The van der Waals surface area contributed by atoms with Gasteiger partial charge in [-0.05, 0) is 45.7 Å². The van der Waals surface area contributed by atoms with Gasteiger partial charge in [-0.1, -0.05) is 19.3 Å². The predicted octanol–water partition coefficient (Wildman–Crippen LogP) is 1.62. The predicted molar refractivity (Wildman–Crippen MR) is 139 cm³/mol. The molecular formula is C28H32FN3O8. The van der Waals surface area contributed by atoms with Gasteiger partial charge in [-0.3, -0.25) is 24.1 Å². The van der Waals surface area contributed by atoms with E-state index in [9.17, 15) is 39.6 Å². The van der Waals surface area contributed by atoms with E-state index in [1.807, 2.05) is 0 Å². The third-order valence-electron chi connectivity index (χ3n) is 8.90. The van der Waals surface area contributed by atoms with Crippen molar-refractivity contribution in [2.45, 2.75) is 56.6 Å². The molecule has 0 heterocycles. The fourth-order valence-corrected chi connectivity index (χ4v) is 6.96. The average molecular weight is 558 g/mol. The molecule has 4 aliphatic carbocycles. The number of aromatic hydroxyl groups is 1. The molecule has 1 aromatic carbocycles. The fourth-order valence-electron chi connectivity index (χ4n) is 6.96. The van der Waals surface area contributed by atoms with Crippen molar-refractivity contribution >= 4 is 34.8 Å². The van der Waals surface area contributed by atoms with Gasteiger partial charge in [0, 0.05) is 29.0 Å². The molecule has 0 radical (unpaired) electrons. The zero-order valence-electron chi connectivity index (χ0n) is 22.2. The van der Waals surface area contributed by atoms with Crippen molar-refractivity contribution in [3.8, 4) is 5.75 Å². The first-order valence-electron chi connectivity index (χ1n) is 13.3. The van der Waals surface area contributed by atoms with Crippen LogP contribution in [0.25, 0.3) is 5.76 Å². The number of phenols is 1. The van der Waals surface area contributed by atoms with E-state index in [-0.39, 0.29) is 35.6 Å². The van der Waals surface area contributed by atoms with Crippen molar-refractivity contribution < 1.29 is 44.0 Å². The molecule has 0 saturated heterocycles. The Labute approximate surface area is 229 Å². The van der Waals surface area contributed by atoms with Crippen molar-refractivity contribution in [1.82, 2.24) is 4.90 Å². The Morgan fingerprint density at radius 3 is 2.38 bits per heavy atom. The number of Topliss-reactive ketones (excluding diaryl/α,β-unsaturated/α-hetero) is 2. The lowest BCUT2D eigenvalue weighted by Crippen LogP contribution is -2.65. The van der Waals surface area contributed by atoms with Gasteiger partial charge in [-0.2, -0.15) is 0 Å². The van der Waals surface area contributed by atoms with E-state index in [1.165, 1.54) is 19.0 Å². The Hall–Kier alpha value is -3.77. The summed E-state index contributed by atoms with van der Waals surface area (Å²) in [5.41, 5.74) is 0.449. The largest absolute Gasteiger partial charge is 0.508 e. The van der Waals surface area contributed by atoms with Gasteiger partial charge in [-0.25, -0.2) is 4.39 Å². The minimum absolute atomic E-state index is 0.0983. The van der Waals surface area contributed by atoms with Crippen LogP contribution in [-0.4, -0.2) is 74.4 Å². The molecule has 0 unspecified atom stereocenters. The highest BCUT2D eigenvalue weighted by Crippen LogP contribution is 2.53. The highest BCUT2D eigenvalue weighted by molar-refractivity contribution is 6.24. The summed E-state index contributed by atoms with van der Waals surface area (Å²) >= 11 is 0. The Morgan fingerprint density at radius 1 is 1.12 bits per heavy atom. The number of rotatable bonds is 4. The maximum absolute atomic E-state index is 15.4. The molecule has 5 rings (SSSR count). The molecule has 40 heavy (non-hydrogen) atoms. The first kappa shape index (κ1) is 27.8. The lowest BCUT2D eigenvalue weighted by molar-refractivity contribution is -0.153. The van der Waals surface area contributed by atoms with Crippen LogP contribution in [0.15, 0.2) is 23.0 Å². The molecule has 2 fully saturated rings. The van der Waals surface area contributed by atoms with Gasteiger partial charge < -0.3 is 31.5 Å². The van der Waals surface area contributed by atoms with Gasteiger partial charge in [0.15, 0.2) is 17.1 Å². The number of phenolic OH excluding ortho intramolecular Hbond substituents is 1. The number of aliphatic hydroxyl groups is 3. The number of nitrogens with two attached hydrogens (primary N) is 1. The zero-order chi connectivity index (χ0) is 29.3. The molecule has 11 nitrogen and oxygen atoms in total. The van der Waals surface area contributed by atoms with Crippen molar-refractivity contribution in [3.05, 3.63) is 39.9 Å². The summed E-state index contributed by atoms with van der Waals surface area (Å²) in [6.45, 7) is 0. The van der Waals surface area contributed by atoms with Crippen LogP contribution in [0.4, 0.5) is 10.1 Å². The lowest BCUT2D eigenvalue weighted by atomic mass is 9.57. The molecule has 0 aromatic heterocycles. The molecule has 7 N–H and O–H groups in total. The number of fused-ring (bicyclic) bond motifs is 3. The Balaban J connectivity index is 1.62. The third kappa shape index (κ3) is 3.92. The standard InChI is InChI=1S/C28H32FN3O8/c1-32(2)20-14-9-12-8-13-15(29)10-16(31-27(39)11-6-4-3-5-7-11)21(33)18(13)22(34)17(12)24(36)28(14,40)25(37)19(23(20)35)26(30)38/h10-12,14,20,33-34,37,40H,3-9H2,1-2H3,(H2,30,38)(H,31,39)/t12-,14-,20-,28-/m0/s1. The Morgan fingerprint density at radius 2 is 1.77 bits per heavy atom. The van der Waals surface area contributed by atoms with E-state index >= 15 is 4.39 Å². The number of carbonyl (C=O) groups is 4. The second kappa shape index (κ2) is 9.70. The summed E-state index contributed by atoms with van der Waals surface area (Å²) in [6, 6.07) is -0.262.